The number of rotatable bonds is 4. The number of methoxy groups -OCH3 is 2. The van der Waals surface area contributed by atoms with Crippen molar-refractivity contribution in [3.8, 4) is 11.5 Å². The molecule has 26 heavy (non-hydrogen) atoms. The highest BCUT2D eigenvalue weighted by molar-refractivity contribution is 8.13. The van der Waals surface area contributed by atoms with Crippen LogP contribution in [-0.4, -0.2) is 45.8 Å². The predicted octanol–water partition coefficient (Wildman–Crippen LogP) is 3.70. The Labute approximate surface area is 158 Å². The van der Waals surface area contributed by atoms with Gasteiger partial charge in [-0.1, -0.05) is 0 Å². The highest BCUT2D eigenvalue weighted by Gasteiger charge is 2.35. The van der Waals surface area contributed by atoms with Gasteiger partial charge in [0.15, 0.2) is 4.90 Å². The van der Waals surface area contributed by atoms with Crippen LogP contribution in [0.3, 0.4) is 0 Å². The van der Waals surface area contributed by atoms with E-state index in [1.165, 1.54) is 14.2 Å². The van der Waals surface area contributed by atoms with Crippen LogP contribution in [-0.2, 0) is 13.8 Å². The standard InChI is InChI=1S/C17H24ClNO6S/c1-17(2,3)25-16(20)19-8-6-7-12(19)11-9-13(23-4)15(26(18,21)22)14(10-11)24-5/h9-10,12H,6-8H2,1-5H3/t12-/m0/s1. The molecule has 0 unspecified atom stereocenters. The smallest absolute Gasteiger partial charge is 0.410 e. The summed E-state index contributed by atoms with van der Waals surface area (Å²) in [6, 6.07) is 2.88. The van der Waals surface area contributed by atoms with E-state index in [2.05, 4.69) is 0 Å². The van der Waals surface area contributed by atoms with Crippen molar-refractivity contribution in [1.29, 1.82) is 0 Å². The number of hydrogen-bond donors (Lipinski definition) is 0. The molecule has 1 aliphatic heterocycles. The molecule has 0 spiro atoms. The van der Waals surface area contributed by atoms with Gasteiger partial charge in [0, 0.05) is 17.2 Å². The molecule has 0 N–H and O–H groups in total. The van der Waals surface area contributed by atoms with Gasteiger partial charge in [-0.05, 0) is 51.3 Å². The average Bonchev–Trinajstić information content (AvgIpc) is 3.00. The van der Waals surface area contributed by atoms with Gasteiger partial charge in [-0.25, -0.2) is 13.2 Å². The Hall–Kier alpha value is -1.67. The molecule has 9 heteroatoms. The van der Waals surface area contributed by atoms with Gasteiger partial charge >= 0.3 is 6.09 Å². The molecule has 1 fully saturated rings. The van der Waals surface area contributed by atoms with Gasteiger partial charge in [0.25, 0.3) is 9.05 Å². The molecule has 1 saturated heterocycles. The molecule has 0 aliphatic carbocycles. The molecule has 0 aromatic heterocycles. The van der Waals surface area contributed by atoms with Crippen molar-refractivity contribution < 1.29 is 27.4 Å². The number of carbonyl (C=O) groups excluding carboxylic acids is 1. The van der Waals surface area contributed by atoms with Crippen LogP contribution in [0.4, 0.5) is 4.79 Å². The van der Waals surface area contributed by atoms with Gasteiger partial charge < -0.3 is 19.1 Å². The van der Waals surface area contributed by atoms with Crippen LogP contribution in [0.1, 0.15) is 45.2 Å². The number of likely N-dealkylation sites (tertiary alicyclic amines) is 1. The second-order valence-electron chi connectivity index (χ2n) is 7.02. The molecule has 146 valence electrons. The summed E-state index contributed by atoms with van der Waals surface area (Å²) in [6.45, 7) is 5.98. The van der Waals surface area contributed by atoms with E-state index in [4.69, 9.17) is 24.9 Å². The van der Waals surface area contributed by atoms with Crippen molar-refractivity contribution in [1.82, 2.24) is 4.90 Å². The first kappa shape index (κ1) is 20.6. The third-order valence-electron chi connectivity index (χ3n) is 3.99. The molecule has 7 nitrogen and oxygen atoms in total. The second-order valence-corrected chi connectivity index (χ2v) is 9.53. The Kier molecular flexibility index (Phi) is 5.97. The number of hydrogen-bond acceptors (Lipinski definition) is 6. The lowest BCUT2D eigenvalue weighted by Crippen LogP contribution is -2.36. The van der Waals surface area contributed by atoms with E-state index in [9.17, 15) is 13.2 Å². The van der Waals surface area contributed by atoms with Gasteiger partial charge in [-0.2, -0.15) is 0 Å². The lowest BCUT2D eigenvalue weighted by Gasteiger charge is -2.29. The Morgan fingerprint density at radius 2 is 1.73 bits per heavy atom. The van der Waals surface area contributed by atoms with Crippen molar-refractivity contribution in [3.63, 3.8) is 0 Å². The second kappa shape index (κ2) is 7.52. The fourth-order valence-corrected chi connectivity index (χ4v) is 4.21. The monoisotopic (exact) mass is 405 g/mol. The van der Waals surface area contributed by atoms with Crippen LogP contribution in [0.15, 0.2) is 17.0 Å². The number of halogens is 1. The minimum Gasteiger partial charge on any atom is -0.495 e. The number of amides is 1. The third-order valence-corrected chi connectivity index (χ3v) is 5.35. The molecular weight excluding hydrogens is 382 g/mol. The molecule has 1 aromatic carbocycles. The van der Waals surface area contributed by atoms with E-state index in [1.807, 2.05) is 20.8 Å². The number of ether oxygens (including phenoxy) is 3. The third kappa shape index (κ3) is 4.54. The topological polar surface area (TPSA) is 82.1 Å². The molecule has 1 aliphatic rings. The highest BCUT2D eigenvalue weighted by atomic mass is 35.7. The molecular formula is C17H24ClNO6S. The van der Waals surface area contributed by atoms with Crippen LogP contribution in [0.25, 0.3) is 0 Å². The Morgan fingerprint density at radius 3 is 2.15 bits per heavy atom. The molecule has 0 saturated carbocycles. The van der Waals surface area contributed by atoms with E-state index in [1.54, 1.807) is 17.0 Å². The highest BCUT2D eigenvalue weighted by Crippen LogP contribution is 2.42. The maximum Gasteiger partial charge on any atom is 0.410 e. The van der Waals surface area contributed by atoms with Gasteiger partial charge in [0.2, 0.25) is 0 Å². The molecule has 1 aromatic rings. The fraction of sp³-hybridized carbons (Fsp3) is 0.588. The summed E-state index contributed by atoms with van der Waals surface area (Å²) in [5.74, 6) is 0.149. The van der Waals surface area contributed by atoms with Crippen molar-refractivity contribution in [2.75, 3.05) is 20.8 Å². The lowest BCUT2D eigenvalue weighted by atomic mass is 10.0. The number of nitrogens with zero attached hydrogens (tertiary/aromatic N) is 1. The minimum atomic E-state index is -4.07. The van der Waals surface area contributed by atoms with Gasteiger partial charge in [0.05, 0.1) is 20.3 Å². The summed E-state index contributed by atoms with van der Waals surface area (Å²) in [6.07, 6.45) is 1.12. The molecule has 1 amide bonds. The van der Waals surface area contributed by atoms with Crippen LogP contribution < -0.4 is 9.47 Å². The van der Waals surface area contributed by atoms with Crippen molar-refractivity contribution in [2.45, 2.75) is 50.2 Å². The van der Waals surface area contributed by atoms with E-state index < -0.39 is 20.7 Å². The van der Waals surface area contributed by atoms with Crippen molar-refractivity contribution in [2.24, 2.45) is 0 Å². The van der Waals surface area contributed by atoms with Crippen molar-refractivity contribution >= 4 is 25.8 Å². The van der Waals surface area contributed by atoms with Crippen molar-refractivity contribution in [3.05, 3.63) is 17.7 Å². The lowest BCUT2D eigenvalue weighted by molar-refractivity contribution is 0.0224. The Balaban J connectivity index is 2.46. The fourth-order valence-electron chi connectivity index (χ4n) is 2.99. The summed E-state index contributed by atoms with van der Waals surface area (Å²) in [7, 11) is 4.16. The van der Waals surface area contributed by atoms with Gasteiger partial charge in [0.1, 0.15) is 17.1 Å². The number of benzene rings is 1. The van der Waals surface area contributed by atoms with Crippen LogP contribution in [0, 0.1) is 0 Å². The zero-order valence-corrected chi connectivity index (χ0v) is 17.1. The van der Waals surface area contributed by atoms with Gasteiger partial charge in [-0.15, -0.1) is 0 Å². The quantitative estimate of drug-likeness (QED) is 0.710. The largest absolute Gasteiger partial charge is 0.495 e. The SMILES string of the molecule is COc1cc([C@@H]2CCCN2C(=O)OC(C)(C)C)cc(OC)c1S(=O)(=O)Cl. The van der Waals surface area contributed by atoms with Crippen LogP contribution in [0.2, 0.25) is 0 Å². The molecule has 0 bridgehead atoms. The maximum atomic E-state index is 12.5. The molecule has 1 heterocycles. The summed E-state index contributed by atoms with van der Waals surface area (Å²) >= 11 is 0. The maximum absolute atomic E-state index is 12.5. The molecule has 1 atom stereocenters. The zero-order valence-electron chi connectivity index (χ0n) is 15.5. The number of carbonyl (C=O) groups is 1. The summed E-state index contributed by atoms with van der Waals surface area (Å²) in [5, 5.41) is 0. The molecule has 0 radical (unpaired) electrons. The normalized spacial score (nSPS) is 17.9. The summed E-state index contributed by atoms with van der Waals surface area (Å²) in [5.41, 5.74) is 0.0991. The van der Waals surface area contributed by atoms with E-state index >= 15 is 0 Å². The Bertz CT molecular complexity index is 762. The summed E-state index contributed by atoms with van der Waals surface area (Å²) in [4.78, 5) is 13.9. The zero-order chi connectivity index (χ0) is 19.7. The van der Waals surface area contributed by atoms with Crippen LogP contribution >= 0.6 is 10.7 Å². The summed E-state index contributed by atoms with van der Waals surface area (Å²) < 4.78 is 39.6. The predicted molar refractivity (Wildman–Crippen MR) is 97.5 cm³/mol. The van der Waals surface area contributed by atoms with E-state index in [0.29, 0.717) is 12.1 Å². The first-order valence-corrected chi connectivity index (χ1v) is 10.5. The average molecular weight is 406 g/mol. The Morgan fingerprint density at radius 1 is 1.19 bits per heavy atom. The minimum absolute atomic E-state index is 0.0744. The molecule has 2 rings (SSSR count). The van der Waals surface area contributed by atoms with Gasteiger partial charge in [-0.3, -0.25) is 0 Å². The first-order chi connectivity index (χ1) is 12.0. The first-order valence-electron chi connectivity index (χ1n) is 8.18. The van der Waals surface area contributed by atoms with E-state index in [0.717, 1.165) is 12.8 Å². The van der Waals surface area contributed by atoms with E-state index in [-0.39, 0.29) is 22.4 Å². The van der Waals surface area contributed by atoms with Crippen LogP contribution in [0.5, 0.6) is 11.5 Å².